The Morgan fingerprint density at radius 1 is 1.05 bits per heavy atom. The predicted octanol–water partition coefficient (Wildman–Crippen LogP) is 5.04. The van der Waals surface area contributed by atoms with Crippen LogP contribution in [0.3, 0.4) is 0 Å². The van der Waals surface area contributed by atoms with E-state index >= 15 is 0 Å². The molecular weight excluding hydrogens is 234 g/mol. The normalized spacial score (nSPS) is 12.9. The van der Waals surface area contributed by atoms with E-state index in [1.807, 2.05) is 12.1 Å². The minimum atomic E-state index is 0.666. The molecule has 3 rings (SSSR count). The summed E-state index contributed by atoms with van der Waals surface area (Å²) in [4.78, 5) is 0. The van der Waals surface area contributed by atoms with Crippen molar-refractivity contribution in [3.8, 4) is 0 Å². The maximum atomic E-state index is 5.99. The van der Waals surface area contributed by atoms with E-state index in [1.165, 1.54) is 17.2 Å². The molecule has 0 radical (unpaired) electrons. The molecule has 2 heteroatoms. The number of anilines is 1. The third-order valence-electron chi connectivity index (χ3n) is 3.74. The van der Waals surface area contributed by atoms with Gasteiger partial charge in [-0.3, -0.25) is 0 Å². The van der Waals surface area contributed by atoms with E-state index in [-0.39, 0.29) is 0 Å². The van der Waals surface area contributed by atoms with Crippen molar-refractivity contribution in [1.29, 1.82) is 0 Å². The third kappa shape index (κ3) is 2.19. The van der Waals surface area contributed by atoms with Gasteiger partial charge >= 0.3 is 0 Å². The topological polar surface area (TPSA) is 25.2 Å². The van der Waals surface area contributed by atoms with Crippen molar-refractivity contribution in [2.24, 2.45) is 5.92 Å². The molecule has 1 N–H and O–H groups in total. The van der Waals surface area contributed by atoms with Crippen LogP contribution in [0.5, 0.6) is 0 Å². The molecule has 19 heavy (non-hydrogen) atoms. The molecule has 0 aliphatic heterocycles. The number of fused-ring (bicyclic) bond motifs is 3. The number of furan rings is 1. The van der Waals surface area contributed by atoms with Crippen molar-refractivity contribution >= 4 is 27.6 Å². The molecule has 0 saturated heterocycles. The van der Waals surface area contributed by atoms with Crippen molar-refractivity contribution in [2.45, 2.75) is 20.3 Å². The Morgan fingerprint density at radius 2 is 1.84 bits per heavy atom. The smallest absolute Gasteiger partial charge is 0.158 e. The van der Waals surface area contributed by atoms with Gasteiger partial charge in [-0.2, -0.15) is 0 Å². The van der Waals surface area contributed by atoms with E-state index in [1.54, 1.807) is 0 Å². The van der Waals surface area contributed by atoms with Gasteiger partial charge in [0.2, 0.25) is 0 Å². The molecule has 1 atom stereocenters. The summed E-state index contributed by atoms with van der Waals surface area (Å²) in [6, 6.07) is 14.5. The summed E-state index contributed by atoms with van der Waals surface area (Å²) in [6.45, 7) is 5.45. The molecule has 0 saturated carbocycles. The van der Waals surface area contributed by atoms with Crippen molar-refractivity contribution in [3.63, 3.8) is 0 Å². The Labute approximate surface area is 113 Å². The number of hydrogen-bond donors (Lipinski definition) is 1. The highest BCUT2D eigenvalue weighted by Gasteiger charge is 2.10. The van der Waals surface area contributed by atoms with Crippen LogP contribution in [-0.4, -0.2) is 6.54 Å². The average Bonchev–Trinajstić information content (AvgIpc) is 2.84. The van der Waals surface area contributed by atoms with E-state index in [0.717, 1.165) is 23.4 Å². The van der Waals surface area contributed by atoms with Gasteiger partial charge in [0.1, 0.15) is 5.58 Å². The molecule has 1 heterocycles. The van der Waals surface area contributed by atoms with Gasteiger partial charge in [0.25, 0.3) is 0 Å². The summed E-state index contributed by atoms with van der Waals surface area (Å²) in [5.74, 6) is 0.666. The second kappa shape index (κ2) is 4.96. The van der Waals surface area contributed by atoms with Crippen LogP contribution in [0, 0.1) is 5.92 Å². The van der Waals surface area contributed by atoms with Crippen LogP contribution < -0.4 is 5.32 Å². The molecule has 0 spiro atoms. The summed E-state index contributed by atoms with van der Waals surface area (Å²) in [5, 5.41) is 5.88. The molecule has 2 aromatic carbocycles. The van der Waals surface area contributed by atoms with E-state index in [9.17, 15) is 0 Å². The zero-order valence-corrected chi connectivity index (χ0v) is 11.4. The summed E-state index contributed by atoms with van der Waals surface area (Å²) >= 11 is 0. The van der Waals surface area contributed by atoms with Gasteiger partial charge in [0.05, 0.1) is 5.69 Å². The molecule has 1 unspecified atom stereocenters. The van der Waals surface area contributed by atoms with Gasteiger partial charge in [0.15, 0.2) is 5.58 Å². The average molecular weight is 253 g/mol. The lowest BCUT2D eigenvalue weighted by Gasteiger charge is -2.11. The Hall–Kier alpha value is -1.96. The van der Waals surface area contributed by atoms with Crippen molar-refractivity contribution in [2.75, 3.05) is 11.9 Å². The van der Waals surface area contributed by atoms with Crippen LogP contribution in [0.2, 0.25) is 0 Å². The quantitative estimate of drug-likeness (QED) is 0.704. The standard InChI is InChI=1S/C17H19NO/c1-3-12(2)11-18-15-9-6-8-14-13-7-4-5-10-16(13)19-17(14)15/h4-10,12,18H,3,11H2,1-2H3. The van der Waals surface area contributed by atoms with Crippen LogP contribution in [0.1, 0.15) is 20.3 Å². The monoisotopic (exact) mass is 253 g/mol. The minimum Gasteiger partial charge on any atom is -0.454 e. The molecule has 0 bridgehead atoms. The third-order valence-corrected chi connectivity index (χ3v) is 3.74. The van der Waals surface area contributed by atoms with E-state index in [4.69, 9.17) is 4.42 Å². The first-order valence-electron chi connectivity index (χ1n) is 6.93. The Bertz CT molecular complexity index is 699. The van der Waals surface area contributed by atoms with E-state index in [2.05, 4.69) is 49.5 Å². The highest BCUT2D eigenvalue weighted by Crippen LogP contribution is 2.33. The molecule has 0 aliphatic carbocycles. The lowest BCUT2D eigenvalue weighted by Crippen LogP contribution is -2.10. The minimum absolute atomic E-state index is 0.666. The van der Waals surface area contributed by atoms with E-state index in [0.29, 0.717) is 5.92 Å². The van der Waals surface area contributed by atoms with Crippen LogP contribution in [0.4, 0.5) is 5.69 Å². The lowest BCUT2D eigenvalue weighted by atomic mass is 10.1. The zero-order valence-electron chi connectivity index (χ0n) is 11.4. The number of nitrogens with one attached hydrogen (secondary N) is 1. The fourth-order valence-electron chi connectivity index (χ4n) is 2.31. The molecule has 2 nitrogen and oxygen atoms in total. The summed E-state index contributed by atoms with van der Waals surface area (Å²) in [5.41, 5.74) is 3.01. The molecular formula is C17H19NO. The van der Waals surface area contributed by atoms with Gasteiger partial charge in [-0.25, -0.2) is 0 Å². The summed E-state index contributed by atoms with van der Waals surface area (Å²) in [7, 11) is 0. The van der Waals surface area contributed by atoms with Gasteiger partial charge in [-0.15, -0.1) is 0 Å². The lowest BCUT2D eigenvalue weighted by molar-refractivity contribution is 0.592. The number of rotatable bonds is 4. The molecule has 1 aromatic heterocycles. The maximum absolute atomic E-state index is 5.99. The fraction of sp³-hybridized carbons (Fsp3) is 0.294. The fourth-order valence-corrected chi connectivity index (χ4v) is 2.31. The number of benzene rings is 2. The maximum Gasteiger partial charge on any atom is 0.158 e. The number of hydrogen-bond acceptors (Lipinski definition) is 2. The second-order valence-electron chi connectivity index (χ2n) is 5.17. The van der Waals surface area contributed by atoms with Crippen LogP contribution in [0.15, 0.2) is 46.9 Å². The van der Waals surface area contributed by atoms with Gasteiger partial charge < -0.3 is 9.73 Å². The Balaban J connectivity index is 2.05. The summed E-state index contributed by atoms with van der Waals surface area (Å²) < 4.78 is 5.99. The van der Waals surface area contributed by atoms with Crippen LogP contribution in [0.25, 0.3) is 21.9 Å². The molecule has 98 valence electrons. The van der Waals surface area contributed by atoms with Crippen LogP contribution >= 0.6 is 0 Å². The first-order valence-corrected chi connectivity index (χ1v) is 6.93. The first kappa shape index (κ1) is 12.1. The SMILES string of the molecule is CCC(C)CNc1cccc2c1oc1ccccc12. The molecule has 0 fully saturated rings. The van der Waals surface area contributed by atoms with E-state index < -0.39 is 0 Å². The van der Waals surface area contributed by atoms with Crippen molar-refractivity contribution in [1.82, 2.24) is 0 Å². The zero-order chi connectivity index (χ0) is 13.2. The van der Waals surface area contributed by atoms with Gasteiger partial charge in [0, 0.05) is 17.3 Å². The Morgan fingerprint density at radius 3 is 2.68 bits per heavy atom. The Kier molecular flexibility index (Phi) is 3.16. The summed E-state index contributed by atoms with van der Waals surface area (Å²) in [6.07, 6.45) is 1.18. The van der Waals surface area contributed by atoms with Gasteiger partial charge in [-0.1, -0.05) is 50.6 Å². The molecule has 0 amide bonds. The number of para-hydroxylation sites is 2. The van der Waals surface area contributed by atoms with Gasteiger partial charge in [-0.05, 0) is 18.1 Å². The van der Waals surface area contributed by atoms with Crippen molar-refractivity contribution in [3.05, 3.63) is 42.5 Å². The largest absolute Gasteiger partial charge is 0.454 e. The molecule has 0 aliphatic rings. The second-order valence-corrected chi connectivity index (χ2v) is 5.17. The van der Waals surface area contributed by atoms with Crippen molar-refractivity contribution < 1.29 is 4.42 Å². The van der Waals surface area contributed by atoms with Crippen LogP contribution in [-0.2, 0) is 0 Å². The predicted molar refractivity (Wildman–Crippen MR) is 81.7 cm³/mol. The highest BCUT2D eigenvalue weighted by atomic mass is 16.3. The molecule has 3 aromatic rings. The first-order chi connectivity index (χ1) is 9.29. The highest BCUT2D eigenvalue weighted by molar-refractivity contribution is 6.08.